The van der Waals surface area contributed by atoms with Gasteiger partial charge in [-0.3, -0.25) is 14.6 Å². The average Bonchev–Trinajstić information content (AvgIpc) is 3.59. The zero-order valence-corrected chi connectivity index (χ0v) is 21.0. The quantitative estimate of drug-likeness (QED) is 0.717. The van der Waals surface area contributed by atoms with Crippen molar-refractivity contribution in [3.63, 3.8) is 0 Å². The number of carbonyl (C=O) groups is 1. The van der Waals surface area contributed by atoms with Gasteiger partial charge in [0.2, 0.25) is 5.91 Å². The first-order valence-corrected chi connectivity index (χ1v) is 13.1. The van der Waals surface area contributed by atoms with Crippen LogP contribution in [0.25, 0.3) is 0 Å². The number of carbonyl (C=O) groups excluding carboxylic acids is 1. The van der Waals surface area contributed by atoms with Gasteiger partial charge in [0.25, 0.3) is 0 Å². The van der Waals surface area contributed by atoms with E-state index in [0.717, 1.165) is 62.8 Å². The zero-order valence-electron chi connectivity index (χ0n) is 21.0. The van der Waals surface area contributed by atoms with Crippen LogP contribution in [0.5, 0.6) is 11.5 Å². The fourth-order valence-electron chi connectivity index (χ4n) is 6.06. The molecule has 0 aliphatic carbocycles. The maximum absolute atomic E-state index is 13.0. The summed E-state index contributed by atoms with van der Waals surface area (Å²) in [6.45, 7) is 7.07. The van der Waals surface area contributed by atoms with E-state index in [1.807, 2.05) is 10.7 Å². The van der Waals surface area contributed by atoms with Crippen LogP contribution in [0.1, 0.15) is 56.5 Å². The van der Waals surface area contributed by atoms with Crippen molar-refractivity contribution in [1.82, 2.24) is 29.9 Å². The van der Waals surface area contributed by atoms with E-state index in [2.05, 4.69) is 44.3 Å². The predicted octanol–water partition coefficient (Wildman–Crippen LogP) is 2.62. The lowest BCUT2D eigenvalue weighted by molar-refractivity contribution is -0.122. The van der Waals surface area contributed by atoms with Crippen LogP contribution in [0.2, 0.25) is 0 Å². The third-order valence-electron chi connectivity index (χ3n) is 7.80. The van der Waals surface area contributed by atoms with E-state index in [4.69, 9.17) is 9.47 Å². The molecule has 9 heteroatoms. The number of benzene rings is 1. The van der Waals surface area contributed by atoms with Crippen molar-refractivity contribution in [1.29, 1.82) is 0 Å². The van der Waals surface area contributed by atoms with Crippen molar-refractivity contribution in [3.8, 4) is 11.5 Å². The largest absolute Gasteiger partial charge is 0.493 e. The van der Waals surface area contributed by atoms with Gasteiger partial charge in [-0.05, 0) is 75.7 Å². The van der Waals surface area contributed by atoms with Gasteiger partial charge in [-0.2, -0.15) is 5.10 Å². The minimum absolute atomic E-state index is 0.0932. The molecule has 3 atom stereocenters. The molecule has 1 amide bonds. The summed E-state index contributed by atoms with van der Waals surface area (Å²) < 4.78 is 13.7. The highest BCUT2D eigenvalue weighted by Crippen LogP contribution is 2.46. The number of aryl methyl sites for hydroxylation is 1. The number of aromatic nitrogens is 3. The zero-order chi connectivity index (χ0) is 24.2. The monoisotopic (exact) mass is 482 g/mol. The van der Waals surface area contributed by atoms with Gasteiger partial charge in [0.05, 0.1) is 26.8 Å². The standard InChI is InChI=1S/C26H38N6O3/c1-3-32-25(28-18-29-32)16-30-10-4-5-12-35-24-14-19(8-9-23(24)34-2)22-13-20(15-27-26(33)17-30)21-7-6-11-31(21)22/h8-9,14,18,20-22H,3-7,10-13,15-17H2,1-2H3,(H,27,33)/t20-,21+,22-/m1/s1. The first kappa shape index (κ1) is 24.1. The normalized spacial score (nSPS) is 26.2. The lowest BCUT2D eigenvalue weighted by Gasteiger charge is -2.25. The molecule has 3 aliphatic rings. The van der Waals surface area contributed by atoms with E-state index in [9.17, 15) is 4.79 Å². The van der Waals surface area contributed by atoms with E-state index < -0.39 is 0 Å². The Balaban J connectivity index is 1.35. The molecule has 35 heavy (non-hydrogen) atoms. The summed E-state index contributed by atoms with van der Waals surface area (Å²) in [5, 5.41) is 7.56. The Morgan fingerprint density at radius 1 is 1.23 bits per heavy atom. The highest BCUT2D eigenvalue weighted by molar-refractivity contribution is 5.78. The molecule has 0 radical (unpaired) electrons. The van der Waals surface area contributed by atoms with E-state index in [-0.39, 0.29) is 5.91 Å². The minimum Gasteiger partial charge on any atom is -0.493 e. The first-order valence-electron chi connectivity index (χ1n) is 13.1. The predicted molar refractivity (Wildman–Crippen MR) is 132 cm³/mol. The second-order valence-corrected chi connectivity index (χ2v) is 9.93. The summed E-state index contributed by atoms with van der Waals surface area (Å²) in [5.74, 6) is 3.07. The SMILES string of the molecule is CCn1ncnc1CN1CCCCOc2cc(ccc2OC)[C@H]2C[C@H](CNC(=O)C1)[C@@H]1CCCN21. The highest BCUT2D eigenvalue weighted by atomic mass is 16.5. The van der Waals surface area contributed by atoms with E-state index in [1.54, 1.807) is 13.4 Å². The molecule has 4 heterocycles. The Kier molecular flexibility index (Phi) is 7.53. The second kappa shape index (κ2) is 11.0. The Morgan fingerprint density at radius 3 is 3.00 bits per heavy atom. The number of ether oxygens (including phenoxy) is 2. The molecule has 190 valence electrons. The molecule has 9 nitrogen and oxygen atoms in total. The Hall–Kier alpha value is -2.65. The van der Waals surface area contributed by atoms with Crippen molar-refractivity contribution in [3.05, 3.63) is 35.9 Å². The van der Waals surface area contributed by atoms with Crippen molar-refractivity contribution in [2.75, 3.05) is 39.9 Å². The number of fused-ring (bicyclic) bond motifs is 8. The van der Waals surface area contributed by atoms with Gasteiger partial charge >= 0.3 is 0 Å². The number of nitrogens with zero attached hydrogens (tertiary/aromatic N) is 5. The summed E-state index contributed by atoms with van der Waals surface area (Å²) in [4.78, 5) is 22.2. The van der Waals surface area contributed by atoms with E-state index in [1.165, 1.54) is 18.4 Å². The van der Waals surface area contributed by atoms with Crippen molar-refractivity contribution in [2.24, 2.45) is 5.92 Å². The molecule has 3 aliphatic heterocycles. The number of amides is 1. The Labute approximate surface area is 207 Å². The fraction of sp³-hybridized carbons (Fsp3) is 0.654. The summed E-state index contributed by atoms with van der Waals surface area (Å²) in [5.41, 5.74) is 1.29. The van der Waals surface area contributed by atoms with Crippen LogP contribution in [-0.2, 0) is 17.9 Å². The summed E-state index contributed by atoms with van der Waals surface area (Å²) in [6, 6.07) is 7.29. The maximum atomic E-state index is 13.0. The number of methoxy groups -OCH3 is 1. The van der Waals surface area contributed by atoms with Gasteiger partial charge in [0.1, 0.15) is 12.2 Å². The molecule has 4 bridgehead atoms. The lowest BCUT2D eigenvalue weighted by Crippen LogP contribution is -2.41. The van der Waals surface area contributed by atoms with Gasteiger partial charge in [0, 0.05) is 25.2 Å². The fourth-order valence-corrected chi connectivity index (χ4v) is 6.06. The molecule has 0 unspecified atom stereocenters. The molecule has 2 saturated heterocycles. The van der Waals surface area contributed by atoms with Gasteiger partial charge in [-0.25, -0.2) is 9.67 Å². The maximum Gasteiger partial charge on any atom is 0.234 e. The van der Waals surface area contributed by atoms with Crippen molar-refractivity contribution >= 4 is 5.91 Å². The summed E-state index contributed by atoms with van der Waals surface area (Å²) >= 11 is 0. The second-order valence-electron chi connectivity index (χ2n) is 9.93. The number of nitrogens with one attached hydrogen (secondary N) is 1. The lowest BCUT2D eigenvalue weighted by atomic mass is 9.94. The van der Waals surface area contributed by atoms with Crippen LogP contribution in [0.4, 0.5) is 0 Å². The molecule has 2 fully saturated rings. The van der Waals surface area contributed by atoms with E-state index >= 15 is 0 Å². The first-order chi connectivity index (χ1) is 17.2. The number of hydrogen-bond donors (Lipinski definition) is 1. The van der Waals surface area contributed by atoms with Crippen molar-refractivity contribution in [2.45, 2.75) is 64.2 Å². The summed E-state index contributed by atoms with van der Waals surface area (Å²) in [7, 11) is 1.70. The van der Waals surface area contributed by atoms with Gasteiger partial charge < -0.3 is 14.8 Å². The van der Waals surface area contributed by atoms with Gasteiger partial charge in [-0.15, -0.1) is 0 Å². The molecule has 0 spiro atoms. The molecule has 5 rings (SSSR count). The minimum atomic E-state index is 0.0932. The Morgan fingerprint density at radius 2 is 2.14 bits per heavy atom. The Bertz CT molecular complexity index is 1010. The molecule has 1 N–H and O–H groups in total. The van der Waals surface area contributed by atoms with E-state index in [0.29, 0.717) is 37.7 Å². The van der Waals surface area contributed by atoms with Gasteiger partial charge in [0.15, 0.2) is 11.5 Å². The summed E-state index contributed by atoms with van der Waals surface area (Å²) in [6.07, 6.45) is 6.89. The smallest absolute Gasteiger partial charge is 0.234 e. The molecular formula is C26H38N6O3. The number of hydrogen-bond acceptors (Lipinski definition) is 7. The van der Waals surface area contributed by atoms with Crippen LogP contribution >= 0.6 is 0 Å². The molecule has 2 aromatic rings. The van der Waals surface area contributed by atoms with Crippen molar-refractivity contribution < 1.29 is 14.3 Å². The molecule has 1 aromatic carbocycles. The average molecular weight is 483 g/mol. The third-order valence-corrected chi connectivity index (χ3v) is 7.80. The number of rotatable bonds is 4. The van der Waals surface area contributed by atoms with Gasteiger partial charge in [-0.1, -0.05) is 6.07 Å². The van der Waals surface area contributed by atoms with Crippen LogP contribution in [0.3, 0.4) is 0 Å². The highest BCUT2D eigenvalue weighted by Gasteiger charge is 2.44. The van der Waals surface area contributed by atoms with Crippen LogP contribution in [0.15, 0.2) is 24.5 Å². The molecule has 1 aromatic heterocycles. The van der Waals surface area contributed by atoms with Crippen LogP contribution in [-0.4, -0.2) is 76.4 Å². The van der Waals surface area contributed by atoms with Crippen LogP contribution in [0, 0.1) is 5.92 Å². The third kappa shape index (κ3) is 5.30. The molecule has 0 saturated carbocycles. The topological polar surface area (TPSA) is 84.8 Å². The molecular weight excluding hydrogens is 444 g/mol. The van der Waals surface area contributed by atoms with Crippen LogP contribution < -0.4 is 14.8 Å².